The number of ether oxygens (including phenoxy) is 1. The van der Waals surface area contributed by atoms with Crippen LogP contribution in [0.4, 0.5) is 0 Å². The second-order valence-electron chi connectivity index (χ2n) is 3.81. The summed E-state index contributed by atoms with van der Waals surface area (Å²) in [5.74, 6) is -1.05. The third-order valence-electron chi connectivity index (χ3n) is 2.45. The van der Waals surface area contributed by atoms with Crippen LogP contribution in [0.1, 0.15) is 21.7 Å². The molecule has 0 fully saturated rings. The first-order chi connectivity index (χ1) is 8.97. The molecule has 1 aromatic heterocycles. The van der Waals surface area contributed by atoms with Crippen LogP contribution in [0.25, 0.3) is 0 Å². The number of aromatic nitrogens is 3. The van der Waals surface area contributed by atoms with Gasteiger partial charge in [0.1, 0.15) is 11.3 Å². The summed E-state index contributed by atoms with van der Waals surface area (Å²) in [6.45, 7) is 3.52. The molecule has 0 saturated heterocycles. The molecule has 0 aliphatic carbocycles. The molecule has 1 heterocycles. The number of aryl methyl sites for hydroxylation is 2. The lowest BCUT2D eigenvalue weighted by atomic mass is 10.2. The van der Waals surface area contributed by atoms with E-state index in [1.54, 1.807) is 13.8 Å². The lowest BCUT2D eigenvalue weighted by Crippen LogP contribution is -2.03. The highest BCUT2D eigenvalue weighted by atomic mass is 35.5. The summed E-state index contributed by atoms with van der Waals surface area (Å²) >= 11 is 5.81. The van der Waals surface area contributed by atoms with Crippen LogP contribution in [0.2, 0.25) is 5.02 Å². The molecule has 1 N–H and O–H groups in total. The Hall–Kier alpha value is -2.21. The van der Waals surface area contributed by atoms with E-state index in [0.717, 1.165) is 0 Å². The van der Waals surface area contributed by atoms with Gasteiger partial charge in [0.15, 0.2) is 0 Å². The van der Waals surface area contributed by atoms with Crippen molar-refractivity contribution in [3.05, 3.63) is 40.2 Å². The van der Waals surface area contributed by atoms with Crippen molar-refractivity contribution >= 4 is 17.6 Å². The molecule has 0 amide bonds. The van der Waals surface area contributed by atoms with Gasteiger partial charge in [-0.05, 0) is 26.0 Å². The number of nitrogens with zero attached hydrogens (tertiary/aromatic N) is 3. The summed E-state index contributed by atoms with van der Waals surface area (Å²) in [4.78, 5) is 15.1. The molecule has 0 radical (unpaired) electrons. The third-order valence-corrected chi connectivity index (χ3v) is 2.68. The fourth-order valence-electron chi connectivity index (χ4n) is 1.34. The molecule has 0 aliphatic rings. The Morgan fingerprint density at radius 2 is 2.00 bits per heavy atom. The van der Waals surface area contributed by atoms with Crippen LogP contribution in [-0.4, -0.2) is 26.3 Å². The SMILES string of the molecule is Cc1nnc(Oc2cc(Cl)ccc2C(=O)O)nc1C. The molecular formula is C12H10ClN3O3. The van der Waals surface area contributed by atoms with Crippen molar-refractivity contribution in [3.8, 4) is 11.8 Å². The summed E-state index contributed by atoms with van der Waals surface area (Å²) in [5, 5.41) is 17.0. The van der Waals surface area contributed by atoms with Gasteiger partial charge in [-0.25, -0.2) is 4.79 Å². The van der Waals surface area contributed by atoms with Crippen LogP contribution in [0.5, 0.6) is 11.8 Å². The van der Waals surface area contributed by atoms with E-state index < -0.39 is 5.97 Å². The fourth-order valence-corrected chi connectivity index (χ4v) is 1.50. The number of hydrogen-bond donors (Lipinski definition) is 1. The van der Waals surface area contributed by atoms with E-state index in [4.69, 9.17) is 21.4 Å². The van der Waals surface area contributed by atoms with Gasteiger partial charge >= 0.3 is 12.0 Å². The molecule has 19 heavy (non-hydrogen) atoms. The maximum absolute atomic E-state index is 11.1. The zero-order chi connectivity index (χ0) is 14.0. The smallest absolute Gasteiger partial charge is 0.341 e. The zero-order valence-electron chi connectivity index (χ0n) is 10.2. The molecule has 98 valence electrons. The molecular weight excluding hydrogens is 270 g/mol. The second kappa shape index (κ2) is 5.19. The van der Waals surface area contributed by atoms with Crippen LogP contribution >= 0.6 is 11.6 Å². The Morgan fingerprint density at radius 1 is 1.26 bits per heavy atom. The summed E-state index contributed by atoms with van der Waals surface area (Å²) in [6.07, 6.45) is 0. The van der Waals surface area contributed by atoms with Crippen molar-refractivity contribution in [1.82, 2.24) is 15.2 Å². The number of aromatic carboxylic acids is 1. The van der Waals surface area contributed by atoms with Gasteiger partial charge in [-0.3, -0.25) is 0 Å². The minimum atomic E-state index is -1.12. The van der Waals surface area contributed by atoms with Crippen molar-refractivity contribution in [1.29, 1.82) is 0 Å². The molecule has 7 heteroatoms. The van der Waals surface area contributed by atoms with Crippen molar-refractivity contribution < 1.29 is 14.6 Å². The van der Waals surface area contributed by atoms with Crippen molar-refractivity contribution in [2.75, 3.05) is 0 Å². The minimum Gasteiger partial charge on any atom is -0.478 e. The van der Waals surface area contributed by atoms with Crippen molar-refractivity contribution in [3.63, 3.8) is 0 Å². The van der Waals surface area contributed by atoms with Crippen LogP contribution in [0.3, 0.4) is 0 Å². The Labute approximate surface area is 114 Å². The quantitative estimate of drug-likeness (QED) is 0.929. The maximum Gasteiger partial charge on any atom is 0.341 e. The first-order valence-corrected chi connectivity index (χ1v) is 5.74. The molecule has 0 aliphatic heterocycles. The highest BCUT2D eigenvalue weighted by molar-refractivity contribution is 6.30. The van der Waals surface area contributed by atoms with E-state index in [1.807, 2.05) is 0 Å². The molecule has 0 unspecified atom stereocenters. The second-order valence-corrected chi connectivity index (χ2v) is 4.25. The summed E-state index contributed by atoms with van der Waals surface area (Å²) < 4.78 is 5.34. The normalized spacial score (nSPS) is 10.3. The average Bonchev–Trinajstić information content (AvgIpc) is 2.33. The molecule has 0 saturated carbocycles. The largest absolute Gasteiger partial charge is 0.478 e. The van der Waals surface area contributed by atoms with Gasteiger partial charge in [-0.2, -0.15) is 4.98 Å². The molecule has 0 bridgehead atoms. The van der Waals surface area contributed by atoms with Crippen LogP contribution < -0.4 is 4.74 Å². The van der Waals surface area contributed by atoms with Gasteiger partial charge in [0.25, 0.3) is 0 Å². The molecule has 2 aromatic rings. The van der Waals surface area contributed by atoms with Crippen molar-refractivity contribution in [2.45, 2.75) is 13.8 Å². The summed E-state index contributed by atoms with van der Waals surface area (Å²) in [6, 6.07) is 4.20. The number of carboxylic acids is 1. The van der Waals surface area contributed by atoms with Crippen LogP contribution in [-0.2, 0) is 0 Å². The van der Waals surface area contributed by atoms with Gasteiger partial charge in [-0.15, -0.1) is 5.10 Å². The fraction of sp³-hybridized carbons (Fsp3) is 0.167. The molecule has 6 nitrogen and oxygen atoms in total. The van der Waals surface area contributed by atoms with Crippen molar-refractivity contribution in [2.24, 2.45) is 0 Å². The highest BCUT2D eigenvalue weighted by Crippen LogP contribution is 2.26. The van der Waals surface area contributed by atoms with E-state index in [2.05, 4.69) is 15.2 Å². The monoisotopic (exact) mass is 279 g/mol. The van der Waals surface area contributed by atoms with Gasteiger partial charge in [0.05, 0.1) is 11.4 Å². The number of halogens is 1. The standard InChI is InChI=1S/C12H10ClN3O3/c1-6-7(2)15-16-12(14-6)19-10-5-8(13)3-4-9(10)11(17)18/h3-5H,1-2H3,(H,17,18). The molecule has 0 atom stereocenters. The summed E-state index contributed by atoms with van der Waals surface area (Å²) in [7, 11) is 0. The van der Waals surface area contributed by atoms with Crippen LogP contribution in [0, 0.1) is 13.8 Å². The predicted molar refractivity (Wildman–Crippen MR) is 67.8 cm³/mol. The first kappa shape index (κ1) is 13.2. The van der Waals surface area contributed by atoms with Crippen LogP contribution in [0.15, 0.2) is 18.2 Å². The third kappa shape index (κ3) is 2.97. The number of benzene rings is 1. The summed E-state index contributed by atoms with van der Waals surface area (Å²) in [5.41, 5.74) is 1.31. The average molecular weight is 280 g/mol. The highest BCUT2D eigenvalue weighted by Gasteiger charge is 2.14. The maximum atomic E-state index is 11.1. The van der Waals surface area contributed by atoms with Gasteiger partial charge in [-0.1, -0.05) is 16.7 Å². The van der Waals surface area contributed by atoms with E-state index in [0.29, 0.717) is 16.4 Å². The van der Waals surface area contributed by atoms with Gasteiger partial charge in [0, 0.05) is 11.1 Å². The topological polar surface area (TPSA) is 85.2 Å². The molecule has 2 rings (SSSR count). The van der Waals surface area contributed by atoms with E-state index in [9.17, 15) is 4.79 Å². The first-order valence-electron chi connectivity index (χ1n) is 5.36. The van der Waals surface area contributed by atoms with Gasteiger partial charge < -0.3 is 9.84 Å². The number of carbonyl (C=O) groups is 1. The zero-order valence-corrected chi connectivity index (χ0v) is 11.0. The van der Waals surface area contributed by atoms with Gasteiger partial charge in [0.2, 0.25) is 0 Å². The number of hydrogen-bond acceptors (Lipinski definition) is 5. The molecule has 0 spiro atoms. The van der Waals surface area contributed by atoms with E-state index >= 15 is 0 Å². The lowest BCUT2D eigenvalue weighted by Gasteiger charge is -2.07. The Morgan fingerprint density at radius 3 is 2.63 bits per heavy atom. The minimum absolute atomic E-state index is 0.0205. The predicted octanol–water partition coefficient (Wildman–Crippen LogP) is 2.63. The Balaban J connectivity index is 2.39. The van der Waals surface area contributed by atoms with E-state index in [1.165, 1.54) is 18.2 Å². The Kier molecular flexibility index (Phi) is 3.62. The Bertz CT molecular complexity index is 646. The number of rotatable bonds is 3. The van der Waals surface area contributed by atoms with E-state index in [-0.39, 0.29) is 17.3 Å². The molecule has 1 aromatic carbocycles. The lowest BCUT2D eigenvalue weighted by molar-refractivity contribution is 0.0694. The number of carboxylic acid groups (broad SMARTS) is 1.